The normalized spacial score (nSPS) is 11.2. The summed E-state index contributed by atoms with van der Waals surface area (Å²) in [6.07, 6.45) is 2.42. The Kier molecular flexibility index (Phi) is 3.79. The van der Waals surface area contributed by atoms with E-state index in [2.05, 4.69) is 9.72 Å². The van der Waals surface area contributed by atoms with E-state index in [0.717, 1.165) is 6.08 Å². The van der Waals surface area contributed by atoms with Gasteiger partial charge in [0.2, 0.25) is 5.83 Å². The van der Waals surface area contributed by atoms with Crippen molar-refractivity contribution in [2.45, 2.75) is 6.92 Å². The van der Waals surface area contributed by atoms with Crippen LogP contribution in [0.4, 0.5) is 10.2 Å². The summed E-state index contributed by atoms with van der Waals surface area (Å²) in [5.74, 6) is -1.60. The maximum atomic E-state index is 13.1. The summed E-state index contributed by atoms with van der Waals surface area (Å²) in [6.45, 7) is 1.75. The summed E-state index contributed by atoms with van der Waals surface area (Å²) < 4.78 is 17.6. The van der Waals surface area contributed by atoms with Crippen molar-refractivity contribution in [3.63, 3.8) is 0 Å². The Morgan fingerprint density at radius 3 is 2.93 bits per heavy atom. The van der Waals surface area contributed by atoms with Crippen molar-refractivity contribution >= 4 is 17.9 Å². The molecule has 0 aliphatic heterocycles. The Balaban J connectivity index is 2.78. The molecule has 1 rings (SSSR count). The van der Waals surface area contributed by atoms with Gasteiger partial charge >= 0.3 is 5.97 Å². The average molecular weight is 210 g/mol. The molecule has 0 bridgehead atoms. The Bertz CT molecular complexity index is 374. The lowest BCUT2D eigenvalue weighted by Gasteiger charge is -1.98. The third-order valence-corrected chi connectivity index (χ3v) is 1.57. The molecule has 1 aromatic heterocycles. The molecule has 1 heterocycles. The Labute approximate surface area is 86.6 Å². The number of hydrogen-bond acceptors (Lipinski definition) is 4. The molecule has 4 nitrogen and oxygen atoms in total. The van der Waals surface area contributed by atoms with Crippen molar-refractivity contribution in [1.29, 1.82) is 0 Å². The number of nitrogens with zero attached hydrogens (tertiary/aromatic N) is 1. The van der Waals surface area contributed by atoms with Crippen LogP contribution in [0.15, 0.2) is 24.2 Å². The fraction of sp³-hybridized carbons (Fsp3) is 0.200. The highest BCUT2D eigenvalue weighted by molar-refractivity contribution is 5.91. The van der Waals surface area contributed by atoms with E-state index in [9.17, 15) is 9.18 Å². The Morgan fingerprint density at radius 1 is 1.67 bits per heavy atom. The van der Waals surface area contributed by atoms with Crippen molar-refractivity contribution in [3.05, 3.63) is 29.7 Å². The van der Waals surface area contributed by atoms with Crippen molar-refractivity contribution in [2.24, 2.45) is 0 Å². The van der Waals surface area contributed by atoms with E-state index in [4.69, 9.17) is 5.73 Å². The Morgan fingerprint density at radius 2 is 2.40 bits per heavy atom. The highest BCUT2D eigenvalue weighted by Crippen LogP contribution is 2.09. The first kappa shape index (κ1) is 11.2. The van der Waals surface area contributed by atoms with Crippen LogP contribution < -0.4 is 5.73 Å². The molecule has 0 saturated heterocycles. The lowest BCUT2D eigenvalue weighted by atomic mass is 10.2. The standard InChI is InChI=1S/C10H11FN2O2/c1-2-15-10(14)8(11)5-7-3-4-9(12)13-6-7/h3-6H,2H2,1H3,(H2,12,13)/b8-5-. The van der Waals surface area contributed by atoms with Crippen LogP contribution in [0.5, 0.6) is 0 Å². The topological polar surface area (TPSA) is 65.2 Å². The van der Waals surface area contributed by atoms with Gasteiger partial charge in [0.25, 0.3) is 0 Å². The lowest BCUT2D eigenvalue weighted by molar-refractivity contribution is -0.140. The first-order valence-corrected chi connectivity index (χ1v) is 4.39. The molecule has 0 saturated carbocycles. The van der Waals surface area contributed by atoms with Gasteiger partial charge in [-0.25, -0.2) is 9.78 Å². The Hall–Kier alpha value is -1.91. The van der Waals surface area contributed by atoms with Gasteiger partial charge in [0, 0.05) is 6.20 Å². The van der Waals surface area contributed by atoms with Gasteiger partial charge in [-0.1, -0.05) is 0 Å². The van der Waals surface area contributed by atoms with Crippen molar-refractivity contribution in [1.82, 2.24) is 4.98 Å². The molecule has 0 aliphatic rings. The predicted octanol–water partition coefficient (Wildman–Crippen LogP) is 1.54. The maximum absolute atomic E-state index is 13.1. The van der Waals surface area contributed by atoms with Crippen molar-refractivity contribution in [2.75, 3.05) is 12.3 Å². The zero-order valence-electron chi connectivity index (χ0n) is 8.24. The van der Waals surface area contributed by atoms with E-state index in [-0.39, 0.29) is 6.61 Å². The van der Waals surface area contributed by atoms with Gasteiger partial charge in [-0.15, -0.1) is 0 Å². The molecule has 0 aromatic carbocycles. The number of hydrogen-bond donors (Lipinski definition) is 1. The minimum Gasteiger partial charge on any atom is -0.461 e. The molecule has 0 unspecified atom stereocenters. The third-order valence-electron chi connectivity index (χ3n) is 1.57. The van der Waals surface area contributed by atoms with E-state index in [1.807, 2.05) is 0 Å². The van der Waals surface area contributed by atoms with Gasteiger partial charge in [0.05, 0.1) is 6.61 Å². The fourth-order valence-corrected chi connectivity index (χ4v) is 0.907. The summed E-state index contributed by atoms with van der Waals surface area (Å²) >= 11 is 0. The fourth-order valence-electron chi connectivity index (χ4n) is 0.907. The number of anilines is 1. The number of carbonyl (C=O) groups is 1. The number of nitrogens with two attached hydrogens (primary N) is 1. The second kappa shape index (κ2) is 5.09. The number of rotatable bonds is 3. The molecular weight excluding hydrogens is 199 g/mol. The highest BCUT2D eigenvalue weighted by atomic mass is 19.1. The van der Waals surface area contributed by atoms with Crippen LogP contribution in [-0.4, -0.2) is 17.6 Å². The van der Waals surface area contributed by atoms with Gasteiger partial charge in [-0.05, 0) is 30.7 Å². The van der Waals surface area contributed by atoms with Gasteiger partial charge < -0.3 is 10.5 Å². The number of esters is 1. The van der Waals surface area contributed by atoms with Crippen LogP contribution in [0.1, 0.15) is 12.5 Å². The summed E-state index contributed by atoms with van der Waals surface area (Å²) in [6, 6.07) is 3.07. The molecule has 5 heteroatoms. The van der Waals surface area contributed by atoms with E-state index in [0.29, 0.717) is 11.4 Å². The van der Waals surface area contributed by atoms with Crippen LogP contribution >= 0.6 is 0 Å². The predicted molar refractivity (Wildman–Crippen MR) is 54.4 cm³/mol. The second-order valence-electron chi connectivity index (χ2n) is 2.73. The number of pyridine rings is 1. The van der Waals surface area contributed by atoms with Crippen LogP contribution in [-0.2, 0) is 9.53 Å². The molecule has 0 radical (unpaired) electrons. The second-order valence-corrected chi connectivity index (χ2v) is 2.73. The zero-order valence-corrected chi connectivity index (χ0v) is 8.24. The average Bonchev–Trinajstić information content (AvgIpc) is 2.22. The van der Waals surface area contributed by atoms with Crippen LogP contribution in [0.2, 0.25) is 0 Å². The molecule has 15 heavy (non-hydrogen) atoms. The number of halogens is 1. The number of carbonyl (C=O) groups excluding carboxylic acids is 1. The minimum absolute atomic E-state index is 0.139. The molecule has 0 amide bonds. The SMILES string of the molecule is CCOC(=O)/C(F)=C/c1ccc(N)nc1. The summed E-state index contributed by atoms with van der Waals surface area (Å²) in [5, 5.41) is 0. The molecule has 80 valence electrons. The largest absolute Gasteiger partial charge is 0.461 e. The lowest BCUT2D eigenvalue weighted by Crippen LogP contribution is -2.03. The smallest absolute Gasteiger partial charge is 0.367 e. The molecule has 0 aliphatic carbocycles. The first-order chi connectivity index (χ1) is 7.13. The summed E-state index contributed by atoms with van der Waals surface area (Å²) in [7, 11) is 0. The summed E-state index contributed by atoms with van der Waals surface area (Å²) in [5.41, 5.74) is 5.80. The quantitative estimate of drug-likeness (QED) is 0.607. The molecule has 1 aromatic rings. The first-order valence-electron chi connectivity index (χ1n) is 4.39. The monoisotopic (exact) mass is 210 g/mol. The van der Waals surface area contributed by atoms with E-state index >= 15 is 0 Å². The van der Waals surface area contributed by atoms with Gasteiger partial charge in [0.1, 0.15) is 5.82 Å². The molecular formula is C10H11FN2O2. The minimum atomic E-state index is -0.977. The van der Waals surface area contributed by atoms with Gasteiger partial charge in [0.15, 0.2) is 0 Å². The van der Waals surface area contributed by atoms with E-state index in [1.165, 1.54) is 12.3 Å². The van der Waals surface area contributed by atoms with Crippen molar-refractivity contribution < 1.29 is 13.9 Å². The van der Waals surface area contributed by atoms with Crippen LogP contribution in [0, 0.1) is 0 Å². The molecule has 2 N–H and O–H groups in total. The number of aromatic nitrogens is 1. The molecule has 0 fully saturated rings. The van der Waals surface area contributed by atoms with Gasteiger partial charge in [-0.2, -0.15) is 4.39 Å². The zero-order chi connectivity index (χ0) is 11.3. The third kappa shape index (κ3) is 3.38. The molecule has 0 spiro atoms. The number of nitrogen functional groups attached to an aromatic ring is 1. The number of ether oxygens (including phenoxy) is 1. The van der Waals surface area contributed by atoms with Crippen molar-refractivity contribution in [3.8, 4) is 0 Å². The van der Waals surface area contributed by atoms with Crippen LogP contribution in [0.3, 0.4) is 0 Å². The molecule has 0 atom stereocenters. The summed E-state index contributed by atoms with van der Waals surface area (Å²) in [4.78, 5) is 14.7. The van der Waals surface area contributed by atoms with E-state index in [1.54, 1.807) is 13.0 Å². The highest BCUT2D eigenvalue weighted by Gasteiger charge is 2.08. The van der Waals surface area contributed by atoms with Crippen LogP contribution in [0.25, 0.3) is 6.08 Å². The van der Waals surface area contributed by atoms with Gasteiger partial charge in [-0.3, -0.25) is 0 Å². The maximum Gasteiger partial charge on any atom is 0.367 e. The van der Waals surface area contributed by atoms with E-state index < -0.39 is 11.8 Å².